The molecule has 0 aromatic heterocycles. The van der Waals surface area contributed by atoms with E-state index < -0.39 is 0 Å². The Labute approximate surface area is 139 Å². The van der Waals surface area contributed by atoms with Gasteiger partial charge in [0.2, 0.25) is 0 Å². The van der Waals surface area contributed by atoms with E-state index in [0.717, 1.165) is 38.1 Å². The lowest BCUT2D eigenvalue weighted by Gasteiger charge is -2.37. The van der Waals surface area contributed by atoms with Crippen LogP contribution >= 0.6 is 24.8 Å². The molecule has 2 rings (SSSR count). The summed E-state index contributed by atoms with van der Waals surface area (Å²) in [6, 6.07) is 6.89. The zero-order valence-electron chi connectivity index (χ0n) is 12.5. The van der Waals surface area contributed by atoms with Crippen LogP contribution in [0.3, 0.4) is 0 Å². The van der Waals surface area contributed by atoms with Crippen molar-refractivity contribution in [3.63, 3.8) is 0 Å². The van der Waals surface area contributed by atoms with Gasteiger partial charge >= 0.3 is 0 Å². The molecule has 0 bridgehead atoms. The van der Waals surface area contributed by atoms with Crippen LogP contribution in [0, 0.1) is 5.82 Å². The molecule has 1 aliphatic heterocycles. The van der Waals surface area contributed by atoms with Crippen molar-refractivity contribution in [1.29, 1.82) is 0 Å². The van der Waals surface area contributed by atoms with Crippen molar-refractivity contribution in [3.8, 4) is 5.75 Å². The van der Waals surface area contributed by atoms with E-state index in [-0.39, 0.29) is 36.9 Å². The van der Waals surface area contributed by atoms with Crippen molar-refractivity contribution >= 4 is 24.8 Å². The van der Waals surface area contributed by atoms with Gasteiger partial charge in [-0.1, -0.05) is 6.92 Å². The lowest BCUT2D eigenvalue weighted by molar-refractivity contribution is 0.00464. The predicted octanol–water partition coefficient (Wildman–Crippen LogP) is 3.47. The van der Waals surface area contributed by atoms with Crippen LogP contribution in [0.2, 0.25) is 0 Å². The number of halogens is 3. The third kappa shape index (κ3) is 5.99. The quantitative estimate of drug-likeness (QED) is 0.889. The molecule has 1 heterocycles. The van der Waals surface area contributed by atoms with Crippen LogP contribution in [-0.2, 0) is 0 Å². The Morgan fingerprint density at radius 1 is 1.24 bits per heavy atom. The maximum atomic E-state index is 12.9. The normalized spacial score (nSPS) is 17.5. The van der Waals surface area contributed by atoms with Crippen molar-refractivity contribution in [2.45, 2.75) is 38.5 Å². The summed E-state index contributed by atoms with van der Waals surface area (Å²) in [6.07, 6.45) is 3.32. The van der Waals surface area contributed by atoms with Gasteiger partial charge in [-0.2, -0.15) is 0 Å². The minimum absolute atomic E-state index is 0. The highest BCUT2D eigenvalue weighted by Gasteiger charge is 2.24. The summed E-state index contributed by atoms with van der Waals surface area (Å²) in [6.45, 7) is 4.22. The highest BCUT2D eigenvalue weighted by Crippen LogP contribution is 2.19. The Hall–Kier alpha value is -0.550. The van der Waals surface area contributed by atoms with Crippen LogP contribution in [0.5, 0.6) is 5.75 Å². The fourth-order valence-corrected chi connectivity index (χ4v) is 2.56. The zero-order chi connectivity index (χ0) is 13.7. The van der Waals surface area contributed by atoms with Crippen LogP contribution in [0.1, 0.15) is 26.2 Å². The third-order valence-electron chi connectivity index (χ3n) is 3.78. The summed E-state index contributed by atoms with van der Waals surface area (Å²) in [7, 11) is 2.02. The van der Waals surface area contributed by atoms with Gasteiger partial charge in [-0.05, 0) is 50.6 Å². The lowest BCUT2D eigenvalue weighted by atomic mass is 10.0. The van der Waals surface area contributed by atoms with Gasteiger partial charge < -0.3 is 10.1 Å². The molecular weight excluding hydrogens is 314 g/mol. The summed E-state index contributed by atoms with van der Waals surface area (Å²) >= 11 is 0. The highest BCUT2D eigenvalue weighted by atomic mass is 35.5. The average Bonchev–Trinajstić information content (AvgIpc) is 2.47. The van der Waals surface area contributed by atoms with Gasteiger partial charge in [-0.25, -0.2) is 4.39 Å². The summed E-state index contributed by atoms with van der Waals surface area (Å²) < 4.78 is 18.8. The van der Waals surface area contributed by atoms with Crippen LogP contribution in [0.25, 0.3) is 0 Å². The average molecular weight is 339 g/mol. The van der Waals surface area contributed by atoms with Crippen molar-refractivity contribution in [2.75, 3.05) is 20.1 Å². The van der Waals surface area contributed by atoms with E-state index in [4.69, 9.17) is 4.74 Å². The van der Waals surface area contributed by atoms with Crippen LogP contribution in [-0.4, -0.2) is 37.3 Å². The lowest BCUT2D eigenvalue weighted by Crippen LogP contribution is -2.47. The molecule has 0 spiro atoms. The molecule has 0 aliphatic carbocycles. The zero-order valence-corrected chi connectivity index (χ0v) is 14.2. The first-order valence-corrected chi connectivity index (χ1v) is 7.06. The molecule has 3 nitrogen and oxygen atoms in total. The minimum atomic E-state index is -0.227. The Morgan fingerprint density at radius 2 is 1.81 bits per heavy atom. The van der Waals surface area contributed by atoms with Gasteiger partial charge in [-0.15, -0.1) is 24.8 Å². The molecule has 21 heavy (non-hydrogen) atoms. The van der Waals surface area contributed by atoms with Gasteiger partial charge in [0.15, 0.2) is 6.23 Å². The molecular formula is C15H25Cl2FN2O. The third-order valence-corrected chi connectivity index (χ3v) is 3.78. The smallest absolute Gasteiger partial charge is 0.152 e. The second kappa shape index (κ2) is 10.2. The second-order valence-electron chi connectivity index (χ2n) is 5.03. The minimum Gasteiger partial charge on any atom is -0.475 e. The fraction of sp³-hybridized carbons (Fsp3) is 0.600. The SMILES string of the molecule is CCC(Oc1ccc(F)cc1)N1CCC(NC)CC1.Cl.Cl. The van der Waals surface area contributed by atoms with Crippen LogP contribution in [0.15, 0.2) is 24.3 Å². The predicted molar refractivity (Wildman–Crippen MR) is 89.3 cm³/mol. The molecule has 0 saturated carbocycles. The Kier molecular flexibility index (Phi) is 9.95. The van der Waals surface area contributed by atoms with Crippen molar-refractivity contribution in [3.05, 3.63) is 30.1 Å². The molecule has 6 heteroatoms. The van der Waals surface area contributed by atoms with E-state index in [0.29, 0.717) is 6.04 Å². The van der Waals surface area contributed by atoms with Crippen molar-refractivity contribution < 1.29 is 9.13 Å². The standard InChI is InChI=1S/C15H23FN2O.2ClH/c1-3-15(18-10-8-13(17-2)9-11-18)19-14-6-4-12(16)5-7-14;;/h4-7,13,15,17H,3,8-11H2,1-2H3;2*1H. The van der Waals surface area contributed by atoms with Gasteiger partial charge in [0.25, 0.3) is 0 Å². The Bertz CT molecular complexity index is 384. The molecule has 1 N–H and O–H groups in total. The number of benzene rings is 1. The van der Waals surface area contributed by atoms with Crippen LogP contribution in [0.4, 0.5) is 4.39 Å². The number of likely N-dealkylation sites (tertiary alicyclic amines) is 1. The van der Waals surface area contributed by atoms with E-state index in [1.54, 1.807) is 12.1 Å². The van der Waals surface area contributed by atoms with Crippen LogP contribution < -0.4 is 10.1 Å². The first-order valence-electron chi connectivity index (χ1n) is 7.06. The molecule has 0 radical (unpaired) electrons. The van der Waals surface area contributed by atoms with E-state index >= 15 is 0 Å². The van der Waals surface area contributed by atoms with Crippen molar-refractivity contribution in [2.24, 2.45) is 0 Å². The fourth-order valence-electron chi connectivity index (χ4n) is 2.56. The highest BCUT2D eigenvalue weighted by molar-refractivity contribution is 5.85. The number of nitrogens with zero attached hydrogens (tertiary/aromatic N) is 1. The first-order chi connectivity index (χ1) is 9.22. The molecule has 1 aromatic carbocycles. The summed E-state index contributed by atoms with van der Waals surface area (Å²) in [4.78, 5) is 2.37. The van der Waals surface area contributed by atoms with E-state index in [2.05, 4.69) is 17.1 Å². The molecule has 1 unspecified atom stereocenters. The molecule has 1 aliphatic rings. The summed E-state index contributed by atoms with van der Waals surface area (Å²) in [5.74, 6) is 0.513. The first kappa shape index (κ1) is 20.5. The number of hydrogen-bond acceptors (Lipinski definition) is 3. The number of ether oxygens (including phenoxy) is 1. The van der Waals surface area contributed by atoms with E-state index in [1.165, 1.54) is 12.1 Å². The summed E-state index contributed by atoms with van der Waals surface area (Å²) in [5, 5.41) is 3.33. The van der Waals surface area contributed by atoms with E-state index in [1.807, 2.05) is 7.05 Å². The number of piperidine rings is 1. The Balaban J connectivity index is 0.00000200. The van der Waals surface area contributed by atoms with Gasteiger partial charge in [0, 0.05) is 19.1 Å². The molecule has 122 valence electrons. The number of nitrogens with one attached hydrogen (secondary N) is 1. The monoisotopic (exact) mass is 338 g/mol. The topological polar surface area (TPSA) is 24.5 Å². The number of rotatable bonds is 5. The van der Waals surface area contributed by atoms with Crippen molar-refractivity contribution in [1.82, 2.24) is 10.2 Å². The maximum Gasteiger partial charge on any atom is 0.152 e. The molecule has 1 atom stereocenters. The van der Waals surface area contributed by atoms with Gasteiger partial charge in [0.05, 0.1) is 0 Å². The molecule has 0 amide bonds. The second-order valence-corrected chi connectivity index (χ2v) is 5.03. The van der Waals surface area contributed by atoms with E-state index in [9.17, 15) is 4.39 Å². The molecule has 1 saturated heterocycles. The molecule has 1 fully saturated rings. The maximum absolute atomic E-state index is 12.9. The largest absolute Gasteiger partial charge is 0.475 e. The summed E-state index contributed by atoms with van der Waals surface area (Å²) in [5.41, 5.74) is 0. The van der Waals surface area contributed by atoms with Gasteiger partial charge in [0.1, 0.15) is 11.6 Å². The van der Waals surface area contributed by atoms with Gasteiger partial charge in [-0.3, -0.25) is 4.90 Å². The number of hydrogen-bond donors (Lipinski definition) is 1. The Morgan fingerprint density at radius 3 is 2.29 bits per heavy atom. The molecule has 1 aromatic rings.